The number of benzene rings is 1. The fourth-order valence-electron chi connectivity index (χ4n) is 1.21. The summed E-state index contributed by atoms with van der Waals surface area (Å²) in [5.74, 6) is 0.0726. The molecular weight excluding hydrogens is 195 g/mol. The maximum atomic E-state index is 13.0. The molecule has 0 unspecified atom stereocenters. The van der Waals surface area contributed by atoms with E-state index in [1.165, 1.54) is 12.1 Å². The van der Waals surface area contributed by atoms with Crippen LogP contribution in [0.2, 0.25) is 0 Å². The van der Waals surface area contributed by atoms with Crippen molar-refractivity contribution >= 4 is 0 Å². The molecule has 0 heterocycles. The highest BCUT2D eigenvalue weighted by Gasteiger charge is 2.00. The summed E-state index contributed by atoms with van der Waals surface area (Å²) < 4.78 is 18.3. The molecule has 1 N–H and O–H groups in total. The first-order chi connectivity index (χ1) is 7.26. The van der Waals surface area contributed by atoms with Crippen LogP contribution in [0.1, 0.15) is 18.4 Å². The molecule has 1 aromatic rings. The van der Waals surface area contributed by atoms with E-state index >= 15 is 0 Å². The van der Waals surface area contributed by atoms with Crippen molar-refractivity contribution in [3.05, 3.63) is 42.2 Å². The van der Waals surface area contributed by atoms with E-state index < -0.39 is 0 Å². The summed E-state index contributed by atoms with van der Waals surface area (Å²) in [6.07, 6.45) is 3.55. The Morgan fingerprint density at radius 1 is 1.40 bits per heavy atom. The Balaban J connectivity index is 2.52. The van der Waals surface area contributed by atoms with Gasteiger partial charge in [0.25, 0.3) is 0 Å². The molecule has 0 bridgehead atoms. The molecule has 0 aliphatic heterocycles. The molecule has 82 valence electrons. The van der Waals surface area contributed by atoms with Crippen molar-refractivity contribution in [2.24, 2.45) is 0 Å². The van der Waals surface area contributed by atoms with Crippen molar-refractivity contribution in [3.8, 4) is 5.75 Å². The highest BCUT2D eigenvalue weighted by atomic mass is 19.1. The number of rotatable bonds is 6. The number of allylic oxidation sites excluding steroid dienone is 1. The molecule has 0 amide bonds. The number of hydrogen-bond acceptors (Lipinski definition) is 2. The molecule has 0 atom stereocenters. The minimum absolute atomic E-state index is 0.180. The van der Waals surface area contributed by atoms with E-state index in [1.807, 2.05) is 6.08 Å². The van der Waals surface area contributed by atoms with Gasteiger partial charge in [0.05, 0.1) is 13.2 Å². The van der Waals surface area contributed by atoms with Gasteiger partial charge >= 0.3 is 0 Å². The third-order valence-corrected chi connectivity index (χ3v) is 1.93. The minimum Gasteiger partial charge on any atom is -0.493 e. The van der Waals surface area contributed by atoms with Crippen molar-refractivity contribution in [3.63, 3.8) is 0 Å². The molecule has 15 heavy (non-hydrogen) atoms. The van der Waals surface area contributed by atoms with Crippen LogP contribution in [-0.2, 0) is 6.61 Å². The smallest absolute Gasteiger partial charge is 0.127 e. The lowest BCUT2D eigenvalue weighted by Crippen LogP contribution is -1.98. The van der Waals surface area contributed by atoms with Crippen LogP contribution in [0.5, 0.6) is 5.75 Å². The lowest BCUT2D eigenvalue weighted by atomic mass is 10.2. The van der Waals surface area contributed by atoms with Crippen molar-refractivity contribution in [1.82, 2.24) is 0 Å². The molecule has 0 aromatic heterocycles. The summed E-state index contributed by atoms with van der Waals surface area (Å²) in [5.41, 5.74) is 0.522. The zero-order valence-corrected chi connectivity index (χ0v) is 8.58. The third-order valence-electron chi connectivity index (χ3n) is 1.93. The van der Waals surface area contributed by atoms with Crippen LogP contribution in [0.4, 0.5) is 4.39 Å². The summed E-state index contributed by atoms with van der Waals surface area (Å²) >= 11 is 0. The van der Waals surface area contributed by atoms with Crippen molar-refractivity contribution in [2.45, 2.75) is 19.4 Å². The number of ether oxygens (including phenoxy) is 1. The summed E-state index contributed by atoms with van der Waals surface area (Å²) in [5, 5.41) is 8.86. The number of halogens is 1. The Hall–Kier alpha value is -1.35. The van der Waals surface area contributed by atoms with Crippen molar-refractivity contribution in [2.75, 3.05) is 6.61 Å². The van der Waals surface area contributed by atoms with E-state index in [0.717, 1.165) is 12.8 Å². The standard InChI is InChI=1S/C12H15FO2/c1-2-3-4-5-15-12-7-10(9-14)6-11(13)8-12/h2,6-8,14H,1,3-5,9H2. The quantitative estimate of drug-likeness (QED) is 0.577. The van der Waals surface area contributed by atoms with E-state index in [4.69, 9.17) is 9.84 Å². The lowest BCUT2D eigenvalue weighted by Gasteiger charge is -2.06. The van der Waals surface area contributed by atoms with Gasteiger partial charge in [0.1, 0.15) is 11.6 Å². The largest absolute Gasteiger partial charge is 0.493 e. The predicted molar refractivity (Wildman–Crippen MR) is 57.2 cm³/mol. The second-order valence-electron chi connectivity index (χ2n) is 3.23. The predicted octanol–water partition coefficient (Wildman–Crippen LogP) is 2.66. The Labute approximate surface area is 89.0 Å². The summed E-state index contributed by atoms with van der Waals surface area (Å²) in [4.78, 5) is 0. The molecule has 0 fully saturated rings. The molecule has 1 rings (SSSR count). The molecule has 2 nitrogen and oxygen atoms in total. The molecule has 0 aliphatic carbocycles. The van der Waals surface area contributed by atoms with Crippen LogP contribution in [0.25, 0.3) is 0 Å². The van der Waals surface area contributed by atoms with Gasteiger partial charge in [-0.2, -0.15) is 0 Å². The molecule has 1 aromatic carbocycles. The van der Waals surface area contributed by atoms with Crippen LogP contribution in [-0.4, -0.2) is 11.7 Å². The topological polar surface area (TPSA) is 29.5 Å². The zero-order chi connectivity index (χ0) is 11.1. The first-order valence-corrected chi connectivity index (χ1v) is 4.90. The summed E-state index contributed by atoms with van der Waals surface area (Å²) in [7, 11) is 0. The van der Waals surface area contributed by atoms with Crippen LogP contribution < -0.4 is 4.74 Å². The van der Waals surface area contributed by atoms with Crippen molar-refractivity contribution in [1.29, 1.82) is 0 Å². The Bertz CT molecular complexity index is 323. The normalized spacial score (nSPS) is 10.0. The van der Waals surface area contributed by atoms with Gasteiger partial charge in [-0.3, -0.25) is 0 Å². The molecule has 3 heteroatoms. The summed E-state index contributed by atoms with van der Waals surface area (Å²) in [6.45, 7) is 3.95. The van der Waals surface area contributed by atoms with Gasteiger partial charge < -0.3 is 9.84 Å². The van der Waals surface area contributed by atoms with Crippen LogP contribution >= 0.6 is 0 Å². The van der Waals surface area contributed by atoms with E-state index in [2.05, 4.69) is 6.58 Å². The maximum Gasteiger partial charge on any atom is 0.127 e. The van der Waals surface area contributed by atoms with Gasteiger partial charge in [-0.25, -0.2) is 4.39 Å². The van der Waals surface area contributed by atoms with E-state index in [-0.39, 0.29) is 12.4 Å². The fourth-order valence-corrected chi connectivity index (χ4v) is 1.21. The highest BCUT2D eigenvalue weighted by molar-refractivity contribution is 5.29. The van der Waals surface area contributed by atoms with E-state index in [0.29, 0.717) is 17.9 Å². The van der Waals surface area contributed by atoms with E-state index in [9.17, 15) is 4.39 Å². The molecular formula is C12H15FO2. The average Bonchev–Trinajstić information content (AvgIpc) is 2.23. The molecule has 0 radical (unpaired) electrons. The number of aliphatic hydroxyl groups excluding tert-OH is 1. The lowest BCUT2D eigenvalue weighted by molar-refractivity contribution is 0.277. The minimum atomic E-state index is -0.389. The zero-order valence-electron chi connectivity index (χ0n) is 8.58. The van der Waals surface area contributed by atoms with Crippen LogP contribution in [0, 0.1) is 5.82 Å². The fraction of sp³-hybridized carbons (Fsp3) is 0.333. The van der Waals surface area contributed by atoms with Gasteiger partial charge in [-0.1, -0.05) is 6.08 Å². The SMILES string of the molecule is C=CCCCOc1cc(F)cc(CO)c1. The maximum absolute atomic E-state index is 13.0. The van der Waals surface area contributed by atoms with Gasteiger partial charge in [-0.15, -0.1) is 6.58 Å². The first-order valence-electron chi connectivity index (χ1n) is 4.90. The second-order valence-corrected chi connectivity index (χ2v) is 3.23. The Kier molecular flexibility index (Phi) is 4.84. The third kappa shape index (κ3) is 4.13. The van der Waals surface area contributed by atoms with Gasteiger partial charge in [0, 0.05) is 6.07 Å². The molecule has 0 saturated heterocycles. The molecule has 0 aliphatic rings. The van der Waals surface area contributed by atoms with Gasteiger partial charge in [0.15, 0.2) is 0 Å². The van der Waals surface area contributed by atoms with Crippen molar-refractivity contribution < 1.29 is 14.2 Å². The van der Waals surface area contributed by atoms with Gasteiger partial charge in [-0.05, 0) is 30.5 Å². The molecule has 0 saturated carbocycles. The second kappa shape index (κ2) is 6.19. The van der Waals surface area contributed by atoms with Crippen LogP contribution in [0.15, 0.2) is 30.9 Å². The summed E-state index contributed by atoms with van der Waals surface area (Å²) in [6, 6.07) is 4.24. The monoisotopic (exact) mass is 210 g/mol. The Morgan fingerprint density at radius 2 is 2.20 bits per heavy atom. The number of unbranched alkanes of at least 4 members (excludes halogenated alkanes) is 1. The van der Waals surface area contributed by atoms with Gasteiger partial charge in [0.2, 0.25) is 0 Å². The highest BCUT2D eigenvalue weighted by Crippen LogP contribution is 2.16. The first kappa shape index (κ1) is 11.7. The number of aliphatic hydroxyl groups is 1. The van der Waals surface area contributed by atoms with E-state index in [1.54, 1.807) is 6.07 Å². The molecule has 0 spiro atoms. The van der Waals surface area contributed by atoms with Crippen LogP contribution in [0.3, 0.4) is 0 Å². The average molecular weight is 210 g/mol. The Morgan fingerprint density at radius 3 is 2.87 bits per heavy atom. The number of hydrogen-bond donors (Lipinski definition) is 1.